The zero-order chi connectivity index (χ0) is 19.9. The molecule has 0 atom stereocenters. The molecule has 0 saturated carbocycles. The Bertz CT molecular complexity index is 814. The van der Waals surface area contributed by atoms with Crippen LogP contribution in [0.3, 0.4) is 0 Å². The number of carbonyl (C=O) groups is 2. The van der Waals surface area contributed by atoms with Crippen molar-refractivity contribution >= 4 is 29.4 Å². The molecule has 1 aliphatic rings. The minimum absolute atomic E-state index is 0.136. The topological polar surface area (TPSA) is 70.5 Å². The second-order valence-electron chi connectivity index (χ2n) is 7.09. The summed E-state index contributed by atoms with van der Waals surface area (Å²) < 4.78 is 1.81. The van der Waals surface area contributed by atoms with Crippen molar-refractivity contribution in [1.82, 2.24) is 19.6 Å². The molecule has 7 nitrogen and oxygen atoms in total. The molecule has 1 aromatic carbocycles. The number of nitrogens with zero attached hydrogens (tertiary/aromatic N) is 4. The van der Waals surface area contributed by atoms with Gasteiger partial charge in [0.15, 0.2) is 5.82 Å². The van der Waals surface area contributed by atoms with Gasteiger partial charge in [0.25, 0.3) is 5.91 Å². The summed E-state index contributed by atoms with van der Waals surface area (Å²) in [4.78, 5) is 29.8. The van der Waals surface area contributed by atoms with E-state index in [1.807, 2.05) is 48.1 Å². The van der Waals surface area contributed by atoms with Crippen LogP contribution in [-0.4, -0.2) is 70.9 Å². The SMILES string of the molecule is CN(C)CCn1ccc(NC(=O)c2ccccc2SCC(=O)N2CCCC2)n1. The Balaban J connectivity index is 1.60. The maximum atomic E-state index is 12.7. The molecule has 0 unspecified atom stereocenters. The van der Waals surface area contributed by atoms with Gasteiger partial charge in [0, 0.05) is 36.8 Å². The lowest BCUT2D eigenvalue weighted by Crippen LogP contribution is -2.29. The Morgan fingerprint density at radius 1 is 1.18 bits per heavy atom. The highest BCUT2D eigenvalue weighted by atomic mass is 32.2. The third-order valence-electron chi connectivity index (χ3n) is 4.60. The van der Waals surface area contributed by atoms with Crippen LogP contribution in [0.2, 0.25) is 0 Å². The highest BCUT2D eigenvalue weighted by Gasteiger charge is 2.19. The highest BCUT2D eigenvalue weighted by molar-refractivity contribution is 8.00. The van der Waals surface area contributed by atoms with Crippen molar-refractivity contribution in [2.45, 2.75) is 24.3 Å². The van der Waals surface area contributed by atoms with Gasteiger partial charge < -0.3 is 15.1 Å². The fourth-order valence-corrected chi connectivity index (χ4v) is 3.97. The lowest BCUT2D eigenvalue weighted by Gasteiger charge is -2.15. The Hall–Kier alpha value is -2.32. The van der Waals surface area contributed by atoms with Gasteiger partial charge in [0.05, 0.1) is 17.9 Å². The van der Waals surface area contributed by atoms with Crippen LogP contribution in [0.15, 0.2) is 41.4 Å². The van der Waals surface area contributed by atoms with Gasteiger partial charge in [0.2, 0.25) is 5.91 Å². The molecule has 1 N–H and O–H groups in total. The van der Waals surface area contributed by atoms with Crippen molar-refractivity contribution in [3.05, 3.63) is 42.1 Å². The van der Waals surface area contributed by atoms with E-state index < -0.39 is 0 Å². The molecule has 1 saturated heterocycles. The molecule has 0 spiro atoms. The Labute approximate surface area is 170 Å². The minimum atomic E-state index is -0.213. The molecule has 1 aliphatic heterocycles. The average molecular weight is 402 g/mol. The summed E-state index contributed by atoms with van der Waals surface area (Å²) in [6.45, 7) is 3.32. The van der Waals surface area contributed by atoms with Crippen molar-refractivity contribution in [2.24, 2.45) is 0 Å². The molecule has 2 amide bonds. The van der Waals surface area contributed by atoms with Crippen molar-refractivity contribution in [2.75, 3.05) is 44.8 Å². The first-order valence-corrected chi connectivity index (χ1v) is 10.5. The van der Waals surface area contributed by atoms with Crippen molar-refractivity contribution in [3.63, 3.8) is 0 Å². The van der Waals surface area contributed by atoms with Crippen LogP contribution >= 0.6 is 11.8 Å². The highest BCUT2D eigenvalue weighted by Crippen LogP contribution is 2.24. The van der Waals surface area contributed by atoms with Crippen molar-refractivity contribution in [3.8, 4) is 0 Å². The van der Waals surface area contributed by atoms with E-state index in [1.54, 1.807) is 12.1 Å². The third kappa shape index (κ3) is 5.59. The van der Waals surface area contributed by atoms with E-state index in [0.717, 1.165) is 43.9 Å². The largest absolute Gasteiger partial charge is 0.342 e. The number of amides is 2. The molecule has 150 valence electrons. The smallest absolute Gasteiger partial charge is 0.257 e. The molecular formula is C20H27N5O2S. The van der Waals surface area contributed by atoms with E-state index in [9.17, 15) is 9.59 Å². The number of nitrogens with one attached hydrogen (secondary N) is 1. The monoisotopic (exact) mass is 401 g/mol. The zero-order valence-electron chi connectivity index (χ0n) is 16.4. The van der Waals surface area contributed by atoms with E-state index >= 15 is 0 Å². The van der Waals surface area contributed by atoms with Crippen LogP contribution < -0.4 is 5.32 Å². The summed E-state index contributed by atoms with van der Waals surface area (Å²) in [5, 5.41) is 7.25. The molecule has 3 rings (SSSR count). The van der Waals surface area contributed by atoms with Gasteiger partial charge >= 0.3 is 0 Å². The molecule has 0 aliphatic carbocycles. The normalized spacial score (nSPS) is 13.9. The number of aromatic nitrogens is 2. The van der Waals surface area contributed by atoms with Crippen molar-refractivity contribution < 1.29 is 9.59 Å². The number of anilines is 1. The summed E-state index contributed by atoms with van der Waals surface area (Å²) >= 11 is 1.41. The molecule has 0 bridgehead atoms. The molecule has 8 heteroatoms. The first kappa shape index (κ1) is 20.4. The van der Waals surface area contributed by atoms with Crippen LogP contribution in [-0.2, 0) is 11.3 Å². The van der Waals surface area contributed by atoms with Crippen molar-refractivity contribution in [1.29, 1.82) is 0 Å². The van der Waals surface area contributed by atoms with Gasteiger partial charge in [-0.3, -0.25) is 14.3 Å². The van der Waals surface area contributed by atoms with Gasteiger partial charge in [-0.05, 0) is 39.1 Å². The van der Waals surface area contributed by atoms with Gasteiger partial charge in [-0.2, -0.15) is 5.10 Å². The second kappa shape index (κ2) is 9.75. The Morgan fingerprint density at radius 3 is 2.68 bits per heavy atom. The fourth-order valence-electron chi connectivity index (χ4n) is 3.02. The summed E-state index contributed by atoms with van der Waals surface area (Å²) in [7, 11) is 4.02. The summed E-state index contributed by atoms with van der Waals surface area (Å²) in [5.74, 6) is 0.798. The lowest BCUT2D eigenvalue weighted by atomic mass is 10.2. The number of thioether (sulfide) groups is 1. The van der Waals surface area contributed by atoms with E-state index in [1.165, 1.54) is 11.8 Å². The molecule has 1 fully saturated rings. The number of benzene rings is 1. The van der Waals surface area contributed by atoms with Gasteiger partial charge in [-0.15, -0.1) is 11.8 Å². The van der Waals surface area contributed by atoms with E-state index in [2.05, 4.69) is 15.3 Å². The standard InChI is InChI=1S/C20H27N5O2S/c1-23(2)13-14-25-12-9-18(22-25)21-20(27)16-7-3-4-8-17(16)28-15-19(26)24-10-5-6-11-24/h3-4,7-9,12H,5-6,10-11,13-15H2,1-2H3,(H,21,22,27). The third-order valence-corrected chi connectivity index (χ3v) is 5.66. The number of likely N-dealkylation sites (tertiary alicyclic amines) is 1. The molecule has 0 radical (unpaired) electrons. The molecule has 2 heterocycles. The lowest BCUT2D eigenvalue weighted by molar-refractivity contribution is -0.127. The fraction of sp³-hybridized carbons (Fsp3) is 0.450. The Kier molecular flexibility index (Phi) is 7.11. The van der Waals surface area contributed by atoms with Gasteiger partial charge in [-0.1, -0.05) is 12.1 Å². The number of carbonyl (C=O) groups excluding carboxylic acids is 2. The Morgan fingerprint density at radius 2 is 1.93 bits per heavy atom. The predicted molar refractivity (Wildman–Crippen MR) is 112 cm³/mol. The van der Waals surface area contributed by atoms with E-state index in [4.69, 9.17) is 0 Å². The molecule has 28 heavy (non-hydrogen) atoms. The molecule has 2 aromatic rings. The quantitative estimate of drug-likeness (QED) is 0.688. The number of rotatable bonds is 8. The summed E-state index contributed by atoms with van der Waals surface area (Å²) in [5.41, 5.74) is 0.560. The van der Waals surface area contributed by atoms with E-state index in [0.29, 0.717) is 17.1 Å². The number of hydrogen-bond acceptors (Lipinski definition) is 5. The number of likely N-dealkylation sites (N-methyl/N-ethyl adjacent to an activating group) is 1. The van der Waals surface area contributed by atoms with Crippen LogP contribution in [0.4, 0.5) is 5.82 Å². The zero-order valence-corrected chi connectivity index (χ0v) is 17.2. The van der Waals surface area contributed by atoms with Crippen LogP contribution in [0, 0.1) is 0 Å². The second-order valence-corrected chi connectivity index (χ2v) is 8.11. The summed E-state index contributed by atoms with van der Waals surface area (Å²) in [6, 6.07) is 9.17. The first-order valence-electron chi connectivity index (χ1n) is 9.52. The van der Waals surface area contributed by atoms with Gasteiger partial charge in [-0.25, -0.2) is 0 Å². The molecular weight excluding hydrogens is 374 g/mol. The molecule has 1 aromatic heterocycles. The van der Waals surface area contributed by atoms with Gasteiger partial charge in [0.1, 0.15) is 0 Å². The first-order chi connectivity index (χ1) is 13.5. The average Bonchev–Trinajstić information content (AvgIpc) is 3.37. The van der Waals surface area contributed by atoms with Crippen LogP contribution in [0.1, 0.15) is 23.2 Å². The maximum Gasteiger partial charge on any atom is 0.257 e. The van der Waals surface area contributed by atoms with Crippen LogP contribution in [0.25, 0.3) is 0 Å². The summed E-state index contributed by atoms with van der Waals surface area (Å²) in [6.07, 6.45) is 4.02. The minimum Gasteiger partial charge on any atom is -0.342 e. The maximum absolute atomic E-state index is 12.7. The van der Waals surface area contributed by atoms with E-state index in [-0.39, 0.29) is 11.8 Å². The number of hydrogen-bond donors (Lipinski definition) is 1. The predicted octanol–water partition coefficient (Wildman–Crippen LogP) is 2.41. The van der Waals surface area contributed by atoms with Crippen LogP contribution in [0.5, 0.6) is 0 Å².